The average molecular weight is 471 g/mol. The number of unbranched alkanes of at least 4 members (excludes halogenated alkanes) is 2. The van der Waals surface area contributed by atoms with E-state index in [4.69, 9.17) is 9.26 Å². The van der Waals surface area contributed by atoms with Crippen LogP contribution in [0.5, 0.6) is 5.75 Å². The first kappa shape index (κ1) is 22.4. The van der Waals surface area contributed by atoms with E-state index in [0.29, 0.717) is 30.4 Å². The van der Waals surface area contributed by atoms with Gasteiger partial charge >= 0.3 is 0 Å². The second kappa shape index (κ2) is 10.2. The molecule has 0 bridgehead atoms. The molecule has 2 amide bonds. The van der Waals surface area contributed by atoms with Crippen LogP contribution < -0.4 is 15.0 Å². The van der Waals surface area contributed by atoms with Gasteiger partial charge in [-0.1, -0.05) is 17.6 Å². The van der Waals surface area contributed by atoms with Gasteiger partial charge in [0.2, 0.25) is 17.6 Å². The Balaban J connectivity index is 1.20. The number of ether oxygens (including phenoxy) is 1. The number of nitro groups is 1. The molecule has 1 aliphatic rings. The van der Waals surface area contributed by atoms with Crippen LogP contribution in [0.15, 0.2) is 40.2 Å². The van der Waals surface area contributed by atoms with E-state index in [1.54, 1.807) is 11.3 Å². The Morgan fingerprint density at radius 2 is 2.15 bits per heavy atom. The van der Waals surface area contributed by atoms with Gasteiger partial charge in [0.05, 0.1) is 15.5 Å². The van der Waals surface area contributed by atoms with Crippen LogP contribution in [0.1, 0.15) is 25.2 Å². The summed E-state index contributed by atoms with van der Waals surface area (Å²) in [7, 11) is 0. The van der Waals surface area contributed by atoms with Crippen molar-refractivity contribution in [1.82, 2.24) is 15.5 Å². The number of non-ortho nitro benzene ring substituents is 1. The predicted molar refractivity (Wildman–Crippen MR) is 119 cm³/mol. The van der Waals surface area contributed by atoms with E-state index < -0.39 is 10.8 Å². The number of benzene rings is 1. The van der Waals surface area contributed by atoms with E-state index in [9.17, 15) is 19.7 Å². The third-order valence-electron chi connectivity index (χ3n) is 5.00. The van der Waals surface area contributed by atoms with Gasteiger partial charge in [0, 0.05) is 25.1 Å². The number of amides is 2. The first-order chi connectivity index (χ1) is 16.0. The van der Waals surface area contributed by atoms with E-state index in [1.807, 2.05) is 17.5 Å². The molecule has 172 valence electrons. The van der Waals surface area contributed by atoms with Crippen LogP contribution in [0.3, 0.4) is 0 Å². The van der Waals surface area contributed by atoms with Gasteiger partial charge in [-0.2, -0.15) is 4.98 Å². The molecule has 11 nitrogen and oxygen atoms in total. The van der Waals surface area contributed by atoms with Crippen LogP contribution in [-0.4, -0.2) is 46.6 Å². The van der Waals surface area contributed by atoms with Crippen LogP contribution in [0.25, 0.3) is 10.7 Å². The monoisotopic (exact) mass is 471 g/mol. The second-order valence-corrected chi connectivity index (χ2v) is 8.28. The molecule has 3 heterocycles. The number of nitro benzene ring substituents is 1. The number of nitrogens with one attached hydrogen (secondary N) is 1. The highest BCUT2D eigenvalue weighted by Gasteiger charge is 2.29. The van der Waals surface area contributed by atoms with Gasteiger partial charge < -0.3 is 14.6 Å². The third kappa shape index (κ3) is 5.52. The zero-order valence-corrected chi connectivity index (χ0v) is 18.4. The lowest BCUT2D eigenvalue weighted by Gasteiger charge is -2.28. The first-order valence-electron chi connectivity index (χ1n) is 10.4. The molecule has 1 aliphatic heterocycles. The maximum Gasteiger partial charge on any atom is 0.271 e. The fourth-order valence-corrected chi connectivity index (χ4v) is 3.99. The zero-order chi connectivity index (χ0) is 23.2. The van der Waals surface area contributed by atoms with Crippen LogP contribution in [-0.2, 0) is 16.0 Å². The quantitative estimate of drug-likeness (QED) is 0.270. The predicted octanol–water partition coefficient (Wildman–Crippen LogP) is 2.96. The fourth-order valence-electron chi connectivity index (χ4n) is 3.35. The molecular formula is C21H21N5O6S. The van der Waals surface area contributed by atoms with Gasteiger partial charge in [0.15, 0.2) is 6.61 Å². The van der Waals surface area contributed by atoms with Crippen molar-refractivity contribution in [3.05, 3.63) is 51.7 Å². The van der Waals surface area contributed by atoms with Gasteiger partial charge in [-0.25, -0.2) is 0 Å². The number of hydrogen-bond donors (Lipinski definition) is 1. The Morgan fingerprint density at radius 3 is 2.94 bits per heavy atom. The van der Waals surface area contributed by atoms with Crippen molar-refractivity contribution in [1.29, 1.82) is 0 Å². The molecule has 0 unspecified atom stereocenters. The van der Waals surface area contributed by atoms with E-state index in [2.05, 4.69) is 15.5 Å². The van der Waals surface area contributed by atoms with Gasteiger partial charge in [-0.05, 0) is 30.4 Å². The number of rotatable bonds is 10. The zero-order valence-electron chi connectivity index (χ0n) is 17.6. The molecule has 2 aromatic heterocycles. The normalized spacial score (nSPS) is 12.8. The standard InChI is InChI=1S/C21H21N5O6S/c27-18(12-25-15-11-14(26(29)30)7-8-16(15)31-13-20(25)28)22-9-3-1-2-6-19-23-21(24-32-19)17-5-4-10-33-17/h4-5,7-8,10-11H,1-3,6,9,12-13H2,(H,22,27). The highest BCUT2D eigenvalue weighted by molar-refractivity contribution is 7.13. The Hall–Kier alpha value is -3.80. The Bertz CT molecular complexity index is 1150. The molecule has 33 heavy (non-hydrogen) atoms. The van der Waals surface area contributed by atoms with Crippen molar-refractivity contribution in [2.45, 2.75) is 25.7 Å². The largest absolute Gasteiger partial charge is 0.482 e. The molecule has 0 atom stereocenters. The molecule has 0 saturated heterocycles. The summed E-state index contributed by atoms with van der Waals surface area (Å²) >= 11 is 1.55. The lowest BCUT2D eigenvalue weighted by molar-refractivity contribution is -0.384. The van der Waals surface area contributed by atoms with Gasteiger partial charge in [0.1, 0.15) is 12.3 Å². The van der Waals surface area contributed by atoms with Gasteiger partial charge in [0.25, 0.3) is 11.6 Å². The molecule has 0 aliphatic carbocycles. The molecule has 1 N–H and O–H groups in total. The van der Waals surface area contributed by atoms with Gasteiger partial charge in [-0.15, -0.1) is 11.3 Å². The Morgan fingerprint density at radius 1 is 1.27 bits per heavy atom. The number of nitrogens with zero attached hydrogens (tertiary/aromatic N) is 4. The smallest absolute Gasteiger partial charge is 0.271 e. The molecule has 0 fully saturated rings. The van der Waals surface area contributed by atoms with Crippen LogP contribution >= 0.6 is 11.3 Å². The lowest BCUT2D eigenvalue weighted by Crippen LogP contribution is -2.45. The van der Waals surface area contributed by atoms with E-state index in [-0.39, 0.29) is 30.4 Å². The molecule has 0 spiro atoms. The Labute approximate surface area is 192 Å². The maximum absolute atomic E-state index is 12.3. The van der Waals surface area contributed by atoms with E-state index in [1.165, 1.54) is 23.1 Å². The van der Waals surface area contributed by atoms with Gasteiger partial charge in [-0.3, -0.25) is 24.6 Å². The Kier molecular flexibility index (Phi) is 6.93. The molecule has 4 rings (SSSR count). The fraction of sp³-hybridized carbons (Fsp3) is 0.333. The number of hydrogen-bond acceptors (Lipinski definition) is 9. The van der Waals surface area contributed by atoms with Crippen molar-refractivity contribution in [2.75, 3.05) is 24.6 Å². The van der Waals surface area contributed by atoms with Crippen molar-refractivity contribution >= 4 is 34.5 Å². The average Bonchev–Trinajstić information content (AvgIpc) is 3.50. The number of aryl methyl sites for hydroxylation is 1. The summed E-state index contributed by atoms with van der Waals surface area (Å²) in [5.74, 6) is 0.730. The first-order valence-corrected chi connectivity index (χ1v) is 11.2. The summed E-state index contributed by atoms with van der Waals surface area (Å²) in [6, 6.07) is 7.83. The number of carbonyl (C=O) groups excluding carboxylic acids is 2. The van der Waals surface area contributed by atoms with Crippen molar-refractivity contribution in [3.63, 3.8) is 0 Å². The number of anilines is 1. The van der Waals surface area contributed by atoms with Crippen LogP contribution in [0.2, 0.25) is 0 Å². The molecule has 0 radical (unpaired) electrons. The number of fused-ring (bicyclic) bond motifs is 1. The van der Waals surface area contributed by atoms with Crippen LogP contribution in [0.4, 0.5) is 11.4 Å². The van der Waals surface area contributed by atoms with E-state index >= 15 is 0 Å². The molecule has 3 aromatic rings. The van der Waals surface area contributed by atoms with Crippen LogP contribution in [0, 0.1) is 10.1 Å². The highest BCUT2D eigenvalue weighted by Crippen LogP contribution is 2.35. The molecule has 1 aromatic carbocycles. The number of aromatic nitrogens is 2. The molecule has 0 saturated carbocycles. The van der Waals surface area contributed by atoms with Crippen molar-refractivity contribution in [2.24, 2.45) is 0 Å². The second-order valence-electron chi connectivity index (χ2n) is 7.33. The summed E-state index contributed by atoms with van der Waals surface area (Å²) in [5, 5.41) is 19.8. The summed E-state index contributed by atoms with van der Waals surface area (Å²) < 4.78 is 10.6. The minimum absolute atomic E-state index is 0.179. The van der Waals surface area contributed by atoms with E-state index in [0.717, 1.165) is 24.1 Å². The number of carbonyl (C=O) groups is 2. The summed E-state index contributed by atoms with van der Waals surface area (Å²) in [4.78, 5) is 41.6. The third-order valence-corrected chi connectivity index (χ3v) is 5.86. The summed E-state index contributed by atoms with van der Waals surface area (Å²) in [6.45, 7) is -0.00472. The highest BCUT2D eigenvalue weighted by atomic mass is 32.1. The topological polar surface area (TPSA) is 141 Å². The SMILES string of the molecule is O=C(CN1C(=O)COc2ccc([N+](=O)[O-])cc21)NCCCCCc1nc(-c2cccs2)no1. The minimum Gasteiger partial charge on any atom is -0.482 e. The molecular weight excluding hydrogens is 450 g/mol. The number of thiophene rings is 1. The summed E-state index contributed by atoms with van der Waals surface area (Å²) in [6.07, 6.45) is 3.09. The lowest BCUT2D eigenvalue weighted by atomic mass is 10.2. The van der Waals surface area contributed by atoms with Crippen molar-refractivity contribution < 1.29 is 23.8 Å². The maximum atomic E-state index is 12.3. The van der Waals surface area contributed by atoms with Crippen molar-refractivity contribution in [3.8, 4) is 16.5 Å². The minimum atomic E-state index is -0.561. The molecule has 12 heteroatoms. The summed E-state index contributed by atoms with van der Waals surface area (Å²) in [5.41, 5.74) is 0.0401.